The molecular formula is C15H19N5O3S2. The summed E-state index contributed by atoms with van der Waals surface area (Å²) in [6.45, 7) is 5.59. The topological polar surface area (TPSA) is 101 Å². The smallest absolute Gasteiger partial charge is 0.279 e. The van der Waals surface area contributed by atoms with Crippen LogP contribution in [0.15, 0.2) is 14.9 Å². The molecule has 25 heavy (non-hydrogen) atoms. The molecule has 1 fully saturated rings. The van der Waals surface area contributed by atoms with Crippen LogP contribution >= 0.6 is 23.1 Å². The van der Waals surface area contributed by atoms with E-state index in [1.54, 1.807) is 13.0 Å². The van der Waals surface area contributed by atoms with E-state index < -0.39 is 5.91 Å². The number of piperidine rings is 1. The maximum atomic E-state index is 12.2. The Morgan fingerprint density at radius 1 is 1.40 bits per heavy atom. The Kier molecular flexibility index (Phi) is 5.69. The molecule has 1 aliphatic rings. The van der Waals surface area contributed by atoms with Gasteiger partial charge in [0.25, 0.3) is 5.91 Å². The summed E-state index contributed by atoms with van der Waals surface area (Å²) in [5, 5.41) is 14.6. The molecule has 3 rings (SSSR count). The minimum Gasteiger partial charge on any atom is -0.361 e. The molecular weight excluding hydrogens is 362 g/mol. The van der Waals surface area contributed by atoms with Crippen LogP contribution in [0, 0.1) is 12.8 Å². The molecule has 0 aromatic carbocycles. The number of nitrogens with one attached hydrogen (secondary N) is 1. The Morgan fingerprint density at radius 3 is 2.84 bits per heavy atom. The van der Waals surface area contributed by atoms with Crippen LogP contribution in [0.2, 0.25) is 0 Å². The van der Waals surface area contributed by atoms with Gasteiger partial charge in [0.05, 0.1) is 5.75 Å². The lowest BCUT2D eigenvalue weighted by Crippen LogP contribution is -2.38. The van der Waals surface area contributed by atoms with Gasteiger partial charge in [-0.3, -0.25) is 14.9 Å². The van der Waals surface area contributed by atoms with Gasteiger partial charge in [0.15, 0.2) is 10.0 Å². The fourth-order valence-electron chi connectivity index (χ4n) is 2.43. The molecule has 2 aromatic rings. The van der Waals surface area contributed by atoms with Crippen molar-refractivity contribution in [3.63, 3.8) is 0 Å². The standard InChI is InChI=1S/C15H19N5O3S2/c1-9-3-5-20(6-4-9)12(21)8-24-15-18-17-14(25-15)16-13(22)11-7-10(2)23-19-11/h7,9H,3-6,8H2,1-2H3,(H,16,17,22). The van der Waals surface area contributed by atoms with Crippen LogP contribution in [0.4, 0.5) is 5.13 Å². The molecule has 8 nitrogen and oxygen atoms in total. The second kappa shape index (κ2) is 7.96. The highest BCUT2D eigenvalue weighted by molar-refractivity contribution is 8.01. The van der Waals surface area contributed by atoms with Crippen molar-refractivity contribution >= 4 is 40.0 Å². The van der Waals surface area contributed by atoms with Crippen molar-refractivity contribution in [2.75, 3.05) is 24.2 Å². The average molecular weight is 381 g/mol. The molecule has 0 bridgehead atoms. The fourth-order valence-corrected chi connectivity index (χ4v) is 4.08. The molecule has 0 saturated carbocycles. The number of amides is 2. The Labute approximate surface area is 153 Å². The normalized spacial score (nSPS) is 15.4. The number of nitrogens with zero attached hydrogens (tertiary/aromatic N) is 4. The summed E-state index contributed by atoms with van der Waals surface area (Å²) in [6.07, 6.45) is 2.12. The Bertz CT molecular complexity index is 752. The van der Waals surface area contributed by atoms with E-state index in [9.17, 15) is 9.59 Å². The van der Waals surface area contributed by atoms with Gasteiger partial charge in [-0.05, 0) is 25.7 Å². The number of rotatable bonds is 5. The monoisotopic (exact) mass is 381 g/mol. The number of hydrogen-bond donors (Lipinski definition) is 1. The largest absolute Gasteiger partial charge is 0.361 e. The van der Waals surface area contributed by atoms with Crippen LogP contribution in [0.3, 0.4) is 0 Å². The first-order valence-corrected chi connectivity index (χ1v) is 9.80. The number of anilines is 1. The van der Waals surface area contributed by atoms with Crippen molar-refractivity contribution in [1.82, 2.24) is 20.3 Å². The van der Waals surface area contributed by atoms with Gasteiger partial charge in [-0.25, -0.2) is 0 Å². The van der Waals surface area contributed by atoms with Crippen LogP contribution < -0.4 is 5.32 Å². The quantitative estimate of drug-likeness (QED) is 0.627. The van der Waals surface area contributed by atoms with E-state index >= 15 is 0 Å². The maximum Gasteiger partial charge on any atom is 0.279 e. The third-order valence-corrected chi connectivity index (χ3v) is 5.90. The minimum atomic E-state index is -0.400. The number of thioether (sulfide) groups is 1. The van der Waals surface area contributed by atoms with Crippen molar-refractivity contribution < 1.29 is 14.1 Å². The van der Waals surface area contributed by atoms with E-state index in [4.69, 9.17) is 4.52 Å². The van der Waals surface area contributed by atoms with E-state index in [0.717, 1.165) is 25.9 Å². The van der Waals surface area contributed by atoms with Crippen molar-refractivity contribution in [1.29, 1.82) is 0 Å². The van der Waals surface area contributed by atoms with E-state index in [1.165, 1.54) is 23.1 Å². The van der Waals surface area contributed by atoms with Crippen LogP contribution in [-0.4, -0.2) is 50.9 Å². The molecule has 0 radical (unpaired) electrons. The van der Waals surface area contributed by atoms with E-state index in [2.05, 4.69) is 27.6 Å². The minimum absolute atomic E-state index is 0.121. The highest BCUT2D eigenvalue weighted by atomic mass is 32.2. The molecule has 1 N–H and O–H groups in total. The molecule has 0 spiro atoms. The Morgan fingerprint density at radius 2 is 2.16 bits per heavy atom. The van der Waals surface area contributed by atoms with Gasteiger partial charge in [-0.2, -0.15) is 0 Å². The summed E-state index contributed by atoms with van der Waals surface area (Å²) in [6, 6.07) is 1.55. The zero-order chi connectivity index (χ0) is 17.8. The average Bonchev–Trinajstić information content (AvgIpc) is 3.22. The summed E-state index contributed by atoms with van der Waals surface area (Å²) >= 11 is 2.57. The summed E-state index contributed by atoms with van der Waals surface area (Å²) < 4.78 is 5.51. The van der Waals surface area contributed by atoms with Crippen LogP contribution in [0.5, 0.6) is 0 Å². The molecule has 2 aromatic heterocycles. The Hall–Kier alpha value is -1.94. The predicted octanol–water partition coefficient (Wildman–Crippen LogP) is 2.44. The van der Waals surface area contributed by atoms with Crippen molar-refractivity contribution in [3.8, 4) is 0 Å². The summed E-state index contributed by atoms with van der Waals surface area (Å²) in [5.41, 5.74) is 0.191. The number of carbonyl (C=O) groups excluding carboxylic acids is 2. The number of aryl methyl sites for hydroxylation is 1. The molecule has 1 saturated heterocycles. The third kappa shape index (κ3) is 4.79. The molecule has 10 heteroatoms. The van der Waals surface area contributed by atoms with Crippen LogP contribution in [0.25, 0.3) is 0 Å². The van der Waals surface area contributed by atoms with Crippen molar-refractivity contribution in [3.05, 3.63) is 17.5 Å². The number of hydrogen-bond acceptors (Lipinski definition) is 8. The predicted molar refractivity (Wildman–Crippen MR) is 94.8 cm³/mol. The Balaban J connectivity index is 1.48. The zero-order valence-corrected chi connectivity index (χ0v) is 15.7. The van der Waals surface area contributed by atoms with Gasteiger partial charge >= 0.3 is 0 Å². The van der Waals surface area contributed by atoms with E-state index in [0.29, 0.717) is 26.9 Å². The van der Waals surface area contributed by atoms with Gasteiger partial charge in [-0.15, -0.1) is 10.2 Å². The molecule has 134 valence electrons. The van der Waals surface area contributed by atoms with Gasteiger partial charge in [0.2, 0.25) is 11.0 Å². The van der Waals surface area contributed by atoms with Gasteiger partial charge in [-0.1, -0.05) is 35.2 Å². The highest BCUT2D eigenvalue weighted by Crippen LogP contribution is 2.26. The van der Waals surface area contributed by atoms with Gasteiger partial charge < -0.3 is 9.42 Å². The second-order valence-electron chi connectivity index (χ2n) is 6.00. The summed E-state index contributed by atoms with van der Waals surface area (Å²) in [5.74, 6) is 1.31. The van der Waals surface area contributed by atoms with E-state index in [-0.39, 0.29) is 11.6 Å². The van der Waals surface area contributed by atoms with Gasteiger partial charge in [0, 0.05) is 19.2 Å². The third-order valence-electron chi connectivity index (χ3n) is 3.94. The zero-order valence-electron chi connectivity index (χ0n) is 14.0. The molecule has 2 amide bonds. The lowest BCUT2D eigenvalue weighted by molar-refractivity contribution is -0.129. The molecule has 0 aliphatic carbocycles. The fraction of sp³-hybridized carbons (Fsp3) is 0.533. The highest BCUT2D eigenvalue weighted by Gasteiger charge is 2.21. The van der Waals surface area contributed by atoms with Gasteiger partial charge in [0.1, 0.15) is 5.76 Å². The lowest BCUT2D eigenvalue weighted by atomic mass is 9.99. The SMILES string of the molecule is Cc1cc(C(=O)Nc2nnc(SCC(=O)N3CCC(C)CC3)s2)no1. The molecule has 0 atom stereocenters. The molecule has 0 unspecified atom stereocenters. The first kappa shape index (κ1) is 17.9. The summed E-state index contributed by atoms with van der Waals surface area (Å²) in [4.78, 5) is 26.1. The van der Waals surface area contributed by atoms with Crippen molar-refractivity contribution in [2.24, 2.45) is 5.92 Å². The summed E-state index contributed by atoms with van der Waals surface area (Å²) in [7, 11) is 0. The van der Waals surface area contributed by atoms with E-state index in [1.807, 2.05) is 4.90 Å². The van der Waals surface area contributed by atoms with Crippen LogP contribution in [-0.2, 0) is 4.79 Å². The number of carbonyl (C=O) groups is 2. The lowest BCUT2D eigenvalue weighted by Gasteiger charge is -2.30. The number of aromatic nitrogens is 3. The molecule has 3 heterocycles. The first-order chi connectivity index (χ1) is 12.0. The second-order valence-corrected chi connectivity index (χ2v) is 8.20. The molecule has 1 aliphatic heterocycles. The van der Waals surface area contributed by atoms with Crippen LogP contribution in [0.1, 0.15) is 36.0 Å². The number of likely N-dealkylation sites (tertiary alicyclic amines) is 1. The maximum absolute atomic E-state index is 12.2. The van der Waals surface area contributed by atoms with Crippen molar-refractivity contribution in [2.45, 2.75) is 31.0 Å². The first-order valence-electron chi connectivity index (χ1n) is 8.00.